The highest BCUT2D eigenvalue weighted by atomic mass is 127. The number of carbonyl (C=O) groups is 2. The monoisotopic (exact) mass is 427 g/mol. The maximum absolute atomic E-state index is 12.5. The first kappa shape index (κ1) is 15.2. The van der Waals surface area contributed by atoms with E-state index in [1.54, 1.807) is 36.5 Å². The molecule has 112 valence electrons. The van der Waals surface area contributed by atoms with Crippen LogP contribution < -0.4 is 10.6 Å². The number of hydrogen-bond acceptors (Lipinski definition) is 3. The Kier molecular flexibility index (Phi) is 4.30. The van der Waals surface area contributed by atoms with Crippen molar-refractivity contribution >= 4 is 57.5 Å². The van der Waals surface area contributed by atoms with Crippen LogP contribution in [0.4, 0.5) is 11.5 Å². The van der Waals surface area contributed by atoms with E-state index in [0.29, 0.717) is 16.5 Å². The number of benzene rings is 1. The molecule has 0 spiro atoms. The molecule has 0 fully saturated rings. The van der Waals surface area contributed by atoms with E-state index in [9.17, 15) is 9.59 Å². The van der Waals surface area contributed by atoms with Gasteiger partial charge < -0.3 is 10.6 Å². The maximum Gasteiger partial charge on any atom is 0.232 e. The molecule has 1 unspecified atom stereocenters. The van der Waals surface area contributed by atoms with E-state index >= 15 is 0 Å². The van der Waals surface area contributed by atoms with Crippen LogP contribution in [0, 0.1) is 3.57 Å². The Morgan fingerprint density at radius 2 is 2.23 bits per heavy atom. The van der Waals surface area contributed by atoms with Crippen molar-refractivity contribution in [2.24, 2.45) is 0 Å². The van der Waals surface area contributed by atoms with Gasteiger partial charge in [-0.15, -0.1) is 0 Å². The van der Waals surface area contributed by atoms with E-state index in [0.717, 1.165) is 9.13 Å². The van der Waals surface area contributed by atoms with Gasteiger partial charge in [-0.1, -0.05) is 17.7 Å². The molecule has 7 heteroatoms. The van der Waals surface area contributed by atoms with Crippen molar-refractivity contribution < 1.29 is 9.59 Å². The number of nitrogens with zero attached hydrogens (tertiary/aromatic N) is 1. The Bertz CT molecular complexity index is 766. The molecular formula is C15H11ClIN3O2. The Morgan fingerprint density at radius 3 is 3.00 bits per heavy atom. The average Bonchev–Trinajstić information content (AvgIpc) is 2.50. The summed E-state index contributed by atoms with van der Waals surface area (Å²) in [5.74, 6) is -0.547. The van der Waals surface area contributed by atoms with Gasteiger partial charge in [-0.3, -0.25) is 9.59 Å². The molecule has 0 bridgehead atoms. The fraction of sp³-hybridized carbons (Fsp3) is 0.133. The SMILES string of the molecule is O=C1CC(C(=O)Nc2ccc(Cl)c(I)c2)c2cccnc2N1. The third-order valence-corrected chi connectivity index (χ3v) is 4.91. The molecule has 0 saturated heterocycles. The standard InChI is InChI=1S/C15H11ClIN3O2/c16-11-4-3-8(6-12(11)17)19-15(22)10-7-13(21)20-14-9(10)2-1-5-18-14/h1-6,10H,7H2,(H,19,22)(H,18,20,21). The molecular weight excluding hydrogens is 417 g/mol. The molecule has 1 aliphatic rings. The molecule has 2 heterocycles. The fourth-order valence-corrected chi connectivity index (χ4v) is 2.95. The lowest BCUT2D eigenvalue weighted by molar-refractivity contribution is -0.123. The Hall–Kier alpha value is -1.67. The summed E-state index contributed by atoms with van der Waals surface area (Å²) >= 11 is 8.07. The van der Waals surface area contributed by atoms with Crippen LogP contribution in [-0.4, -0.2) is 16.8 Å². The molecule has 1 aliphatic heterocycles. The van der Waals surface area contributed by atoms with Gasteiger partial charge in [-0.2, -0.15) is 0 Å². The quantitative estimate of drug-likeness (QED) is 0.722. The van der Waals surface area contributed by atoms with Crippen LogP contribution in [0.2, 0.25) is 5.02 Å². The van der Waals surface area contributed by atoms with Crippen molar-refractivity contribution in [3.05, 3.63) is 50.7 Å². The first-order valence-corrected chi connectivity index (χ1v) is 8.01. The van der Waals surface area contributed by atoms with Crippen molar-refractivity contribution in [2.45, 2.75) is 12.3 Å². The molecule has 1 aromatic carbocycles. The molecule has 1 atom stereocenters. The van der Waals surface area contributed by atoms with Crippen LogP contribution in [-0.2, 0) is 9.59 Å². The minimum absolute atomic E-state index is 0.106. The van der Waals surface area contributed by atoms with Gasteiger partial charge in [0.05, 0.1) is 10.9 Å². The number of pyridine rings is 1. The average molecular weight is 428 g/mol. The molecule has 5 nitrogen and oxygen atoms in total. The summed E-state index contributed by atoms with van der Waals surface area (Å²) in [4.78, 5) is 28.4. The number of aromatic nitrogens is 1. The van der Waals surface area contributed by atoms with Crippen LogP contribution in [0.3, 0.4) is 0 Å². The zero-order valence-corrected chi connectivity index (χ0v) is 14.2. The Morgan fingerprint density at radius 1 is 1.41 bits per heavy atom. The van der Waals surface area contributed by atoms with Gasteiger partial charge in [0.25, 0.3) is 0 Å². The number of fused-ring (bicyclic) bond motifs is 1. The van der Waals surface area contributed by atoms with Crippen molar-refractivity contribution in [1.29, 1.82) is 0 Å². The van der Waals surface area contributed by atoms with E-state index in [2.05, 4.69) is 38.2 Å². The third-order valence-electron chi connectivity index (χ3n) is 3.37. The second kappa shape index (κ2) is 6.21. The first-order chi connectivity index (χ1) is 10.5. The van der Waals surface area contributed by atoms with E-state index in [4.69, 9.17) is 11.6 Å². The number of amides is 2. The minimum atomic E-state index is -0.550. The van der Waals surface area contributed by atoms with Gasteiger partial charge >= 0.3 is 0 Å². The lowest BCUT2D eigenvalue weighted by Gasteiger charge is -2.23. The summed E-state index contributed by atoms with van der Waals surface area (Å²) < 4.78 is 0.848. The summed E-state index contributed by atoms with van der Waals surface area (Å²) in [5, 5.41) is 6.14. The molecule has 2 aromatic rings. The fourth-order valence-electron chi connectivity index (χ4n) is 2.32. The molecule has 0 aliphatic carbocycles. The van der Waals surface area contributed by atoms with Crippen LogP contribution in [0.25, 0.3) is 0 Å². The first-order valence-electron chi connectivity index (χ1n) is 6.55. The summed E-state index contributed by atoms with van der Waals surface area (Å²) in [6.07, 6.45) is 1.69. The minimum Gasteiger partial charge on any atom is -0.326 e. The topological polar surface area (TPSA) is 71.1 Å². The van der Waals surface area contributed by atoms with Crippen LogP contribution in [0.15, 0.2) is 36.5 Å². The maximum atomic E-state index is 12.5. The third kappa shape index (κ3) is 3.07. The smallest absolute Gasteiger partial charge is 0.232 e. The Balaban J connectivity index is 1.86. The number of anilines is 2. The van der Waals surface area contributed by atoms with Crippen molar-refractivity contribution in [2.75, 3.05) is 10.6 Å². The number of nitrogens with one attached hydrogen (secondary N) is 2. The van der Waals surface area contributed by atoms with Gasteiger partial charge in [-0.25, -0.2) is 4.98 Å². The summed E-state index contributed by atoms with van der Waals surface area (Å²) in [6.45, 7) is 0. The number of rotatable bonds is 2. The molecule has 0 saturated carbocycles. The number of carbonyl (C=O) groups excluding carboxylic acids is 2. The number of hydrogen-bond donors (Lipinski definition) is 2. The van der Waals surface area contributed by atoms with Gasteiger partial charge in [0.15, 0.2) is 0 Å². The van der Waals surface area contributed by atoms with Crippen LogP contribution in [0.1, 0.15) is 17.9 Å². The van der Waals surface area contributed by atoms with Crippen LogP contribution >= 0.6 is 34.2 Å². The van der Waals surface area contributed by atoms with E-state index in [1.165, 1.54) is 0 Å². The lowest BCUT2D eigenvalue weighted by Crippen LogP contribution is -2.31. The molecule has 2 amide bonds. The van der Waals surface area contributed by atoms with Gasteiger partial charge in [0.1, 0.15) is 5.82 Å². The summed E-state index contributed by atoms with van der Waals surface area (Å²) in [6, 6.07) is 8.80. The zero-order valence-electron chi connectivity index (χ0n) is 11.3. The van der Waals surface area contributed by atoms with Crippen LogP contribution in [0.5, 0.6) is 0 Å². The van der Waals surface area contributed by atoms with Crippen molar-refractivity contribution in [3.63, 3.8) is 0 Å². The van der Waals surface area contributed by atoms with Crippen molar-refractivity contribution in [3.8, 4) is 0 Å². The van der Waals surface area contributed by atoms with E-state index in [-0.39, 0.29) is 18.2 Å². The largest absolute Gasteiger partial charge is 0.326 e. The highest BCUT2D eigenvalue weighted by Crippen LogP contribution is 2.31. The summed E-state index contributed by atoms with van der Waals surface area (Å²) in [7, 11) is 0. The highest BCUT2D eigenvalue weighted by Gasteiger charge is 2.31. The Labute approximate surface area is 145 Å². The van der Waals surface area contributed by atoms with E-state index in [1.807, 2.05) is 0 Å². The van der Waals surface area contributed by atoms with Gasteiger partial charge in [0.2, 0.25) is 11.8 Å². The predicted octanol–water partition coefficient (Wildman–Crippen LogP) is 3.40. The molecule has 1 aromatic heterocycles. The lowest BCUT2D eigenvalue weighted by atomic mass is 9.92. The summed E-state index contributed by atoms with van der Waals surface area (Å²) in [5.41, 5.74) is 1.37. The normalized spacial score (nSPS) is 16.6. The zero-order chi connectivity index (χ0) is 15.7. The highest BCUT2D eigenvalue weighted by molar-refractivity contribution is 14.1. The second-order valence-corrected chi connectivity index (χ2v) is 6.43. The molecule has 3 rings (SSSR count). The molecule has 0 radical (unpaired) electrons. The van der Waals surface area contributed by atoms with Gasteiger partial charge in [-0.05, 0) is 46.9 Å². The van der Waals surface area contributed by atoms with Crippen molar-refractivity contribution in [1.82, 2.24) is 4.98 Å². The molecule has 22 heavy (non-hydrogen) atoms. The number of halogens is 2. The van der Waals surface area contributed by atoms with Gasteiger partial charge in [0, 0.05) is 27.4 Å². The van der Waals surface area contributed by atoms with E-state index < -0.39 is 5.92 Å². The second-order valence-electron chi connectivity index (χ2n) is 4.86. The predicted molar refractivity (Wildman–Crippen MR) is 93.0 cm³/mol. The molecule has 2 N–H and O–H groups in total.